The number of halogens is 5. The van der Waals surface area contributed by atoms with Crippen molar-refractivity contribution in [1.82, 2.24) is 5.32 Å². The molecule has 0 radical (unpaired) electrons. The highest BCUT2D eigenvalue weighted by atomic mass is 19.3. The van der Waals surface area contributed by atoms with E-state index in [0.717, 1.165) is 12.1 Å². The van der Waals surface area contributed by atoms with Gasteiger partial charge in [-0.3, -0.25) is 0 Å². The van der Waals surface area contributed by atoms with E-state index in [-0.39, 0.29) is 12.1 Å². The molecule has 1 rings (SSSR count). The van der Waals surface area contributed by atoms with Crippen molar-refractivity contribution in [3.05, 3.63) is 29.6 Å². The molecule has 0 heterocycles. The van der Waals surface area contributed by atoms with Gasteiger partial charge in [-0.1, -0.05) is 6.07 Å². The highest BCUT2D eigenvalue weighted by Crippen LogP contribution is 2.22. The molecule has 0 aromatic heterocycles. The molecule has 0 fully saturated rings. The summed E-state index contributed by atoms with van der Waals surface area (Å²) in [4.78, 5) is 0. The molecule has 1 aromatic rings. The largest absolute Gasteiger partial charge is 0.505 e. The molecule has 0 bridgehead atoms. The summed E-state index contributed by atoms with van der Waals surface area (Å²) in [6, 6.07) is 3.28. The van der Waals surface area contributed by atoms with E-state index in [1.807, 2.05) is 0 Å². The molecule has 0 amide bonds. The molecule has 0 atom stereocenters. The van der Waals surface area contributed by atoms with Crippen LogP contribution in [0.25, 0.3) is 0 Å². The minimum absolute atomic E-state index is 0.195. The van der Waals surface area contributed by atoms with Gasteiger partial charge in [-0.2, -0.15) is 8.78 Å². The molecule has 2 nitrogen and oxygen atoms in total. The van der Waals surface area contributed by atoms with Crippen LogP contribution in [0.5, 0.6) is 5.75 Å². The van der Waals surface area contributed by atoms with Gasteiger partial charge in [0.15, 0.2) is 11.6 Å². The van der Waals surface area contributed by atoms with Crippen LogP contribution in [0.1, 0.15) is 5.56 Å². The summed E-state index contributed by atoms with van der Waals surface area (Å²) in [7, 11) is 0. The van der Waals surface area contributed by atoms with Crippen molar-refractivity contribution in [1.29, 1.82) is 0 Å². The van der Waals surface area contributed by atoms with Gasteiger partial charge in [-0.15, -0.1) is 0 Å². The second-order valence-electron chi connectivity index (χ2n) is 3.45. The van der Waals surface area contributed by atoms with Crippen molar-refractivity contribution in [3.8, 4) is 5.75 Å². The molecule has 0 saturated heterocycles. The number of hydrogen-bond donors (Lipinski definition) is 2. The van der Waals surface area contributed by atoms with Crippen molar-refractivity contribution in [2.24, 2.45) is 0 Å². The fourth-order valence-corrected chi connectivity index (χ4v) is 1.11. The Hall–Kier alpha value is -1.37. The topological polar surface area (TPSA) is 32.3 Å². The van der Waals surface area contributed by atoms with E-state index in [0.29, 0.717) is 0 Å². The SMILES string of the molecule is Oc1ccc(CNCC(F)(F)C(F)F)cc1F. The molecule has 17 heavy (non-hydrogen) atoms. The molecule has 0 aliphatic heterocycles. The number of phenols is 1. The van der Waals surface area contributed by atoms with E-state index in [1.165, 1.54) is 6.07 Å². The molecule has 0 saturated carbocycles. The molecule has 1 aromatic carbocycles. The summed E-state index contributed by atoms with van der Waals surface area (Å²) in [5.41, 5.74) is 0.269. The third-order valence-electron chi connectivity index (χ3n) is 2.02. The summed E-state index contributed by atoms with van der Waals surface area (Å²) in [6.07, 6.45) is -3.74. The Labute approximate surface area is 94.1 Å². The highest BCUT2D eigenvalue weighted by molar-refractivity contribution is 5.27. The number of aromatic hydroxyl groups is 1. The molecular formula is C10H10F5NO. The van der Waals surface area contributed by atoms with Crippen LogP contribution in [0.15, 0.2) is 18.2 Å². The monoisotopic (exact) mass is 255 g/mol. The zero-order chi connectivity index (χ0) is 13.1. The number of benzene rings is 1. The lowest BCUT2D eigenvalue weighted by Crippen LogP contribution is -2.38. The Morgan fingerprint density at radius 1 is 1.29 bits per heavy atom. The highest BCUT2D eigenvalue weighted by Gasteiger charge is 2.39. The van der Waals surface area contributed by atoms with Crippen molar-refractivity contribution < 1.29 is 27.1 Å². The average molecular weight is 255 g/mol. The lowest BCUT2D eigenvalue weighted by Gasteiger charge is -2.15. The predicted octanol–water partition coefficient (Wildman–Crippen LogP) is 2.52. The molecule has 2 N–H and O–H groups in total. The van der Waals surface area contributed by atoms with Gasteiger partial charge in [0.2, 0.25) is 0 Å². The van der Waals surface area contributed by atoms with Crippen molar-refractivity contribution in [3.63, 3.8) is 0 Å². The lowest BCUT2D eigenvalue weighted by molar-refractivity contribution is -0.125. The minimum atomic E-state index is -4.12. The normalized spacial score (nSPS) is 12.1. The van der Waals surface area contributed by atoms with E-state index < -0.39 is 30.5 Å². The number of rotatable bonds is 5. The van der Waals surface area contributed by atoms with Crippen LogP contribution in [-0.4, -0.2) is 24.0 Å². The molecule has 7 heteroatoms. The molecular weight excluding hydrogens is 245 g/mol. The van der Waals surface area contributed by atoms with Crippen molar-refractivity contribution >= 4 is 0 Å². The Kier molecular flexibility index (Phi) is 4.28. The first-order chi connectivity index (χ1) is 7.83. The maximum atomic E-state index is 12.8. The third kappa shape index (κ3) is 3.85. The standard InChI is InChI=1S/C10H10F5NO/c11-7-3-6(1-2-8(7)17)4-16-5-10(14,15)9(12)13/h1-3,9,16-17H,4-5H2. The molecule has 0 aliphatic rings. The van der Waals surface area contributed by atoms with Gasteiger partial charge in [0, 0.05) is 6.54 Å². The first kappa shape index (κ1) is 13.7. The maximum absolute atomic E-state index is 12.8. The van der Waals surface area contributed by atoms with E-state index >= 15 is 0 Å². The van der Waals surface area contributed by atoms with E-state index in [1.54, 1.807) is 0 Å². The van der Waals surface area contributed by atoms with Crippen LogP contribution >= 0.6 is 0 Å². The second kappa shape index (κ2) is 5.31. The molecule has 0 spiro atoms. The van der Waals surface area contributed by atoms with Crippen molar-refractivity contribution in [2.45, 2.75) is 18.9 Å². The maximum Gasteiger partial charge on any atom is 0.319 e. The number of nitrogens with one attached hydrogen (secondary N) is 1. The Balaban J connectivity index is 2.49. The summed E-state index contributed by atoms with van der Waals surface area (Å²) in [5.74, 6) is -5.58. The Morgan fingerprint density at radius 3 is 2.47 bits per heavy atom. The van der Waals surface area contributed by atoms with Crippen LogP contribution in [0.3, 0.4) is 0 Å². The van der Waals surface area contributed by atoms with Crippen LogP contribution < -0.4 is 5.32 Å². The van der Waals surface area contributed by atoms with Gasteiger partial charge < -0.3 is 10.4 Å². The fourth-order valence-electron chi connectivity index (χ4n) is 1.11. The summed E-state index contributed by atoms with van der Waals surface area (Å²) >= 11 is 0. The molecule has 0 unspecified atom stereocenters. The lowest BCUT2D eigenvalue weighted by atomic mass is 10.2. The van der Waals surface area contributed by atoms with E-state index in [9.17, 15) is 22.0 Å². The smallest absolute Gasteiger partial charge is 0.319 e. The van der Waals surface area contributed by atoms with Gasteiger partial charge >= 0.3 is 12.3 Å². The molecule has 0 aliphatic carbocycles. The first-order valence-electron chi connectivity index (χ1n) is 4.67. The zero-order valence-electron chi connectivity index (χ0n) is 8.56. The Bertz CT molecular complexity index is 383. The van der Waals surface area contributed by atoms with Gasteiger partial charge in [-0.05, 0) is 17.7 Å². The van der Waals surface area contributed by atoms with E-state index in [2.05, 4.69) is 5.32 Å². The van der Waals surface area contributed by atoms with Crippen LogP contribution in [-0.2, 0) is 6.54 Å². The van der Waals surface area contributed by atoms with Crippen LogP contribution in [0.2, 0.25) is 0 Å². The van der Waals surface area contributed by atoms with Gasteiger partial charge in [-0.25, -0.2) is 13.2 Å². The fraction of sp³-hybridized carbons (Fsp3) is 0.400. The first-order valence-corrected chi connectivity index (χ1v) is 4.67. The second-order valence-corrected chi connectivity index (χ2v) is 3.45. The quantitative estimate of drug-likeness (QED) is 0.792. The average Bonchev–Trinajstić information content (AvgIpc) is 2.23. The number of phenolic OH excluding ortho intramolecular Hbond substituents is 1. The number of alkyl halides is 4. The summed E-state index contributed by atoms with van der Waals surface area (Å²) in [6.45, 7) is -1.40. The number of hydrogen-bond acceptors (Lipinski definition) is 2. The van der Waals surface area contributed by atoms with Gasteiger partial charge in [0.05, 0.1) is 6.54 Å². The summed E-state index contributed by atoms with van der Waals surface area (Å²) < 4.78 is 61.3. The third-order valence-corrected chi connectivity index (χ3v) is 2.02. The van der Waals surface area contributed by atoms with Gasteiger partial charge in [0.1, 0.15) is 0 Å². The van der Waals surface area contributed by atoms with Crippen molar-refractivity contribution in [2.75, 3.05) is 6.54 Å². The Morgan fingerprint density at radius 2 is 1.94 bits per heavy atom. The predicted molar refractivity (Wildman–Crippen MR) is 50.7 cm³/mol. The summed E-state index contributed by atoms with van der Waals surface area (Å²) in [5, 5.41) is 10.9. The van der Waals surface area contributed by atoms with E-state index in [4.69, 9.17) is 5.11 Å². The van der Waals surface area contributed by atoms with Crippen LogP contribution in [0, 0.1) is 5.82 Å². The zero-order valence-corrected chi connectivity index (χ0v) is 8.56. The van der Waals surface area contributed by atoms with Crippen LogP contribution in [0.4, 0.5) is 22.0 Å². The molecule has 96 valence electrons. The van der Waals surface area contributed by atoms with Gasteiger partial charge in [0.25, 0.3) is 0 Å². The minimum Gasteiger partial charge on any atom is -0.505 e.